The molecule has 0 saturated heterocycles. The summed E-state index contributed by atoms with van der Waals surface area (Å²) in [6.45, 7) is 4.96. The second-order valence-electron chi connectivity index (χ2n) is 4.84. The van der Waals surface area contributed by atoms with Crippen molar-refractivity contribution in [3.63, 3.8) is 0 Å². The van der Waals surface area contributed by atoms with Gasteiger partial charge in [-0.3, -0.25) is 0 Å². The Labute approximate surface area is 116 Å². The smallest absolute Gasteiger partial charge is 0.0713 e. The van der Waals surface area contributed by atoms with Crippen LogP contribution in [0.3, 0.4) is 0 Å². The Hall–Kier alpha value is -0.940. The maximum absolute atomic E-state index is 5.51. The number of methoxy groups -OCH3 is 1. The molecule has 0 atom stereocenters. The SMILES string of the molecule is COCc1ccc(CNCCOCCN(C)C)cc1. The summed E-state index contributed by atoms with van der Waals surface area (Å²) in [6.07, 6.45) is 0. The third-order valence-electron chi connectivity index (χ3n) is 2.77. The Bertz CT molecular complexity index is 325. The van der Waals surface area contributed by atoms with Gasteiger partial charge in [0.1, 0.15) is 0 Å². The van der Waals surface area contributed by atoms with Gasteiger partial charge in [0.25, 0.3) is 0 Å². The fraction of sp³-hybridized carbons (Fsp3) is 0.600. The second-order valence-corrected chi connectivity index (χ2v) is 4.84. The molecule has 1 N–H and O–H groups in total. The number of ether oxygens (including phenoxy) is 2. The molecule has 0 bridgehead atoms. The van der Waals surface area contributed by atoms with Gasteiger partial charge in [-0.05, 0) is 25.2 Å². The van der Waals surface area contributed by atoms with E-state index in [1.165, 1.54) is 11.1 Å². The van der Waals surface area contributed by atoms with Crippen molar-refractivity contribution in [2.75, 3.05) is 47.5 Å². The van der Waals surface area contributed by atoms with Crippen LogP contribution in [0.15, 0.2) is 24.3 Å². The summed E-state index contributed by atoms with van der Waals surface area (Å²) in [5.41, 5.74) is 2.49. The highest BCUT2D eigenvalue weighted by atomic mass is 16.5. The van der Waals surface area contributed by atoms with Crippen LogP contribution in [0, 0.1) is 0 Å². The molecule has 0 amide bonds. The molecule has 1 aromatic rings. The molecular formula is C15H26N2O2. The first-order chi connectivity index (χ1) is 9.22. The second kappa shape index (κ2) is 9.92. The van der Waals surface area contributed by atoms with Crippen molar-refractivity contribution in [2.24, 2.45) is 0 Å². The monoisotopic (exact) mass is 266 g/mol. The van der Waals surface area contributed by atoms with Crippen LogP contribution in [0.25, 0.3) is 0 Å². The Morgan fingerprint density at radius 3 is 2.37 bits per heavy atom. The van der Waals surface area contributed by atoms with Gasteiger partial charge in [-0.2, -0.15) is 0 Å². The number of rotatable bonds is 10. The normalized spacial score (nSPS) is 11.2. The van der Waals surface area contributed by atoms with Crippen molar-refractivity contribution in [1.82, 2.24) is 10.2 Å². The van der Waals surface area contributed by atoms with Crippen LogP contribution in [-0.4, -0.2) is 52.4 Å². The molecule has 108 valence electrons. The molecule has 1 rings (SSSR count). The van der Waals surface area contributed by atoms with Gasteiger partial charge < -0.3 is 19.7 Å². The van der Waals surface area contributed by atoms with Gasteiger partial charge in [-0.25, -0.2) is 0 Å². The lowest BCUT2D eigenvalue weighted by molar-refractivity contribution is 0.119. The molecule has 0 unspecified atom stereocenters. The van der Waals surface area contributed by atoms with Crippen LogP contribution in [0.5, 0.6) is 0 Å². The van der Waals surface area contributed by atoms with Crippen LogP contribution >= 0.6 is 0 Å². The highest BCUT2D eigenvalue weighted by Crippen LogP contribution is 2.05. The topological polar surface area (TPSA) is 33.7 Å². The van der Waals surface area contributed by atoms with Gasteiger partial charge in [-0.1, -0.05) is 24.3 Å². The van der Waals surface area contributed by atoms with E-state index in [-0.39, 0.29) is 0 Å². The van der Waals surface area contributed by atoms with Crippen molar-refractivity contribution < 1.29 is 9.47 Å². The maximum atomic E-state index is 5.51. The maximum Gasteiger partial charge on any atom is 0.0713 e. The Balaban J connectivity index is 2.05. The van der Waals surface area contributed by atoms with Crippen molar-refractivity contribution >= 4 is 0 Å². The summed E-state index contributed by atoms with van der Waals surface area (Å²) in [6, 6.07) is 8.48. The summed E-state index contributed by atoms with van der Waals surface area (Å²) in [5.74, 6) is 0. The zero-order valence-electron chi connectivity index (χ0n) is 12.3. The van der Waals surface area contributed by atoms with E-state index in [0.717, 1.165) is 32.8 Å². The highest BCUT2D eigenvalue weighted by molar-refractivity contribution is 5.21. The molecule has 0 radical (unpaired) electrons. The molecule has 0 fully saturated rings. The lowest BCUT2D eigenvalue weighted by Crippen LogP contribution is -2.23. The average molecular weight is 266 g/mol. The minimum Gasteiger partial charge on any atom is -0.380 e. The van der Waals surface area contributed by atoms with E-state index in [1.807, 2.05) is 0 Å². The Morgan fingerprint density at radius 1 is 1.05 bits per heavy atom. The van der Waals surface area contributed by atoms with E-state index < -0.39 is 0 Å². The fourth-order valence-corrected chi connectivity index (χ4v) is 1.65. The van der Waals surface area contributed by atoms with Gasteiger partial charge in [0.15, 0.2) is 0 Å². The predicted molar refractivity (Wildman–Crippen MR) is 78.2 cm³/mol. The molecule has 0 saturated carbocycles. The number of likely N-dealkylation sites (N-methyl/N-ethyl adjacent to an activating group) is 1. The average Bonchev–Trinajstić information content (AvgIpc) is 2.39. The molecule has 0 aliphatic carbocycles. The number of hydrogen-bond donors (Lipinski definition) is 1. The van der Waals surface area contributed by atoms with Gasteiger partial charge in [0.05, 0.1) is 19.8 Å². The highest BCUT2D eigenvalue weighted by Gasteiger charge is 1.95. The van der Waals surface area contributed by atoms with E-state index in [4.69, 9.17) is 9.47 Å². The quantitative estimate of drug-likeness (QED) is 0.651. The summed E-state index contributed by atoms with van der Waals surface area (Å²) in [7, 11) is 5.81. The van der Waals surface area contributed by atoms with E-state index in [2.05, 4.69) is 48.6 Å². The van der Waals surface area contributed by atoms with Crippen LogP contribution in [0.1, 0.15) is 11.1 Å². The zero-order valence-corrected chi connectivity index (χ0v) is 12.3. The summed E-state index contributed by atoms with van der Waals surface area (Å²) in [5, 5.41) is 3.37. The Morgan fingerprint density at radius 2 is 1.74 bits per heavy atom. The molecule has 0 aliphatic rings. The van der Waals surface area contributed by atoms with Crippen LogP contribution in [0.4, 0.5) is 0 Å². The van der Waals surface area contributed by atoms with Crippen molar-refractivity contribution in [3.05, 3.63) is 35.4 Å². The first kappa shape index (κ1) is 16.1. The minimum atomic E-state index is 0.674. The molecule has 0 aromatic heterocycles. The first-order valence-corrected chi connectivity index (χ1v) is 6.72. The van der Waals surface area contributed by atoms with E-state index in [9.17, 15) is 0 Å². The molecular weight excluding hydrogens is 240 g/mol. The summed E-state index contributed by atoms with van der Waals surface area (Å²) < 4.78 is 10.6. The zero-order chi connectivity index (χ0) is 13.9. The molecule has 0 heterocycles. The number of nitrogens with one attached hydrogen (secondary N) is 1. The van der Waals surface area contributed by atoms with Gasteiger partial charge in [0.2, 0.25) is 0 Å². The van der Waals surface area contributed by atoms with Gasteiger partial charge in [-0.15, -0.1) is 0 Å². The van der Waals surface area contributed by atoms with E-state index in [0.29, 0.717) is 6.61 Å². The fourth-order valence-electron chi connectivity index (χ4n) is 1.65. The summed E-state index contributed by atoms with van der Waals surface area (Å²) in [4.78, 5) is 2.12. The lowest BCUT2D eigenvalue weighted by atomic mass is 10.1. The molecule has 1 aromatic carbocycles. The third kappa shape index (κ3) is 7.95. The largest absolute Gasteiger partial charge is 0.380 e. The molecule has 0 spiro atoms. The predicted octanol–water partition coefficient (Wildman–Crippen LogP) is 1.50. The van der Waals surface area contributed by atoms with Crippen LogP contribution in [-0.2, 0) is 22.6 Å². The standard InChI is InChI=1S/C15H26N2O2/c1-17(2)9-11-19-10-8-16-12-14-4-6-15(7-5-14)13-18-3/h4-7,16H,8-13H2,1-3H3. The number of benzene rings is 1. The van der Waals surface area contributed by atoms with Crippen molar-refractivity contribution in [2.45, 2.75) is 13.2 Å². The molecule has 4 nitrogen and oxygen atoms in total. The van der Waals surface area contributed by atoms with Gasteiger partial charge >= 0.3 is 0 Å². The van der Waals surface area contributed by atoms with E-state index in [1.54, 1.807) is 7.11 Å². The van der Waals surface area contributed by atoms with E-state index >= 15 is 0 Å². The minimum absolute atomic E-state index is 0.674. The molecule has 4 heteroatoms. The Kier molecular flexibility index (Phi) is 8.41. The number of hydrogen-bond acceptors (Lipinski definition) is 4. The van der Waals surface area contributed by atoms with Crippen LogP contribution < -0.4 is 5.32 Å². The van der Waals surface area contributed by atoms with Crippen molar-refractivity contribution in [3.8, 4) is 0 Å². The molecule has 19 heavy (non-hydrogen) atoms. The third-order valence-corrected chi connectivity index (χ3v) is 2.77. The van der Waals surface area contributed by atoms with Crippen LogP contribution in [0.2, 0.25) is 0 Å². The van der Waals surface area contributed by atoms with Crippen molar-refractivity contribution in [1.29, 1.82) is 0 Å². The molecule has 0 aliphatic heterocycles. The van der Waals surface area contributed by atoms with Gasteiger partial charge in [0, 0.05) is 26.7 Å². The number of nitrogens with zero attached hydrogens (tertiary/aromatic N) is 1. The first-order valence-electron chi connectivity index (χ1n) is 6.72. The lowest BCUT2D eigenvalue weighted by Gasteiger charge is -2.10. The summed E-state index contributed by atoms with van der Waals surface area (Å²) >= 11 is 0.